The largest absolute Gasteiger partial charge is 0.573 e. The zero-order valence-corrected chi connectivity index (χ0v) is 16.9. The predicted molar refractivity (Wildman–Crippen MR) is 109 cm³/mol. The molecule has 0 radical (unpaired) electrons. The molecule has 1 N–H and O–H groups in total. The van der Waals surface area contributed by atoms with E-state index in [1.807, 2.05) is 0 Å². The number of ether oxygens (including phenoxy) is 2. The topological polar surface area (TPSA) is 84.5 Å². The summed E-state index contributed by atoms with van der Waals surface area (Å²) in [4.78, 5) is 34.2. The van der Waals surface area contributed by atoms with E-state index in [-0.39, 0.29) is 30.3 Å². The molecule has 7 nitrogen and oxygen atoms in total. The maximum atomic E-state index is 13.2. The van der Waals surface area contributed by atoms with Crippen LogP contribution in [0.1, 0.15) is 29.0 Å². The molecule has 1 saturated heterocycles. The number of carbonyl (C=O) groups excluding carboxylic acids is 1. The molecule has 32 heavy (non-hydrogen) atoms. The van der Waals surface area contributed by atoms with Crippen molar-refractivity contribution in [1.29, 1.82) is 0 Å². The van der Waals surface area contributed by atoms with Gasteiger partial charge in [0.2, 0.25) is 0 Å². The second-order valence-electron chi connectivity index (χ2n) is 7.42. The van der Waals surface area contributed by atoms with E-state index in [9.17, 15) is 22.8 Å². The molecule has 10 heteroatoms. The smallest absolute Gasteiger partial charge is 0.406 e. The first kappa shape index (κ1) is 21.8. The molecule has 0 bridgehead atoms. The molecular weight excluding hydrogens is 427 g/mol. The number of para-hydroxylation sites is 1. The molecule has 4 rings (SSSR count). The van der Waals surface area contributed by atoms with Gasteiger partial charge < -0.3 is 19.4 Å². The number of rotatable bonds is 6. The molecule has 0 aliphatic carbocycles. The van der Waals surface area contributed by atoms with E-state index >= 15 is 0 Å². The first-order valence-electron chi connectivity index (χ1n) is 10.0. The van der Waals surface area contributed by atoms with Gasteiger partial charge in [-0.25, -0.2) is 4.98 Å². The SMILES string of the molecule is O=C(c1ccc(OC(F)(F)F)cc1)N(Cc1nc2ccccc2c(=O)[nH]1)C[C@H]1CCCO1. The standard InChI is InChI=1S/C22H20F3N3O4/c23-22(24,25)32-15-9-7-14(8-10-15)21(30)28(12-16-4-3-11-31-16)13-19-26-18-6-2-1-5-17(18)20(29)27-19/h1-2,5-10,16H,3-4,11-13H2,(H,26,27,29)/t16-/m1/s1. The Bertz CT molecular complexity index is 1160. The third-order valence-corrected chi connectivity index (χ3v) is 5.07. The minimum atomic E-state index is -4.81. The summed E-state index contributed by atoms with van der Waals surface area (Å²) in [6, 6.07) is 11.6. The summed E-state index contributed by atoms with van der Waals surface area (Å²) in [6.45, 7) is 0.872. The average molecular weight is 447 g/mol. The van der Waals surface area contributed by atoms with Gasteiger partial charge in [0, 0.05) is 18.7 Å². The summed E-state index contributed by atoms with van der Waals surface area (Å²) in [5.41, 5.74) is 0.369. The number of alkyl halides is 3. The zero-order valence-electron chi connectivity index (χ0n) is 16.9. The number of nitrogens with zero attached hydrogens (tertiary/aromatic N) is 2. The van der Waals surface area contributed by atoms with Crippen LogP contribution in [0.25, 0.3) is 10.9 Å². The van der Waals surface area contributed by atoms with Crippen molar-refractivity contribution in [2.75, 3.05) is 13.2 Å². The van der Waals surface area contributed by atoms with Crippen LogP contribution in [0, 0.1) is 0 Å². The van der Waals surface area contributed by atoms with Gasteiger partial charge in [-0.05, 0) is 49.2 Å². The Hall–Kier alpha value is -3.40. The molecule has 3 aromatic rings. The molecule has 0 unspecified atom stereocenters. The predicted octanol–water partition coefficient (Wildman–Crippen LogP) is 3.64. The van der Waals surface area contributed by atoms with Crippen molar-refractivity contribution in [3.63, 3.8) is 0 Å². The Labute approximate surface area is 180 Å². The van der Waals surface area contributed by atoms with E-state index in [0.29, 0.717) is 23.3 Å². The molecule has 1 aromatic heterocycles. The summed E-state index contributed by atoms with van der Waals surface area (Å²) in [6.07, 6.45) is -3.32. The van der Waals surface area contributed by atoms with E-state index in [2.05, 4.69) is 14.7 Å². The van der Waals surface area contributed by atoms with Gasteiger partial charge in [-0.15, -0.1) is 13.2 Å². The normalized spacial score (nSPS) is 16.3. The van der Waals surface area contributed by atoms with E-state index in [0.717, 1.165) is 25.0 Å². The summed E-state index contributed by atoms with van der Waals surface area (Å²) >= 11 is 0. The van der Waals surface area contributed by atoms with Crippen LogP contribution in [0.15, 0.2) is 53.3 Å². The Kier molecular flexibility index (Phi) is 6.13. The van der Waals surface area contributed by atoms with Gasteiger partial charge in [0.1, 0.15) is 11.6 Å². The number of aromatic amines is 1. The fraction of sp³-hybridized carbons (Fsp3) is 0.318. The molecule has 1 aliphatic rings. The molecule has 0 saturated carbocycles. The second-order valence-corrected chi connectivity index (χ2v) is 7.42. The number of amides is 1. The number of hydrogen-bond acceptors (Lipinski definition) is 5. The lowest BCUT2D eigenvalue weighted by atomic mass is 10.1. The van der Waals surface area contributed by atoms with Crippen molar-refractivity contribution in [3.05, 3.63) is 70.3 Å². The van der Waals surface area contributed by atoms with Crippen LogP contribution in [-0.4, -0.2) is 46.4 Å². The Morgan fingerprint density at radius 1 is 1.19 bits per heavy atom. The van der Waals surface area contributed by atoms with Gasteiger partial charge >= 0.3 is 6.36 Å². The number of fused-ring (bicyclic) bond motifs is 1. The summed E-state index contributed by atoms with van der Waals surface area (Å²) < 4.78 is 46.7. The van der Waals surface area contributed by atoms with Crippen molar-refractivity contribution < 1.29 is 27.4 Å². The number of carbonyl (C=O) groups is 1. The Morgan fingerprint density at radius 2 is 1.94 bits per heavy atom. The quantitative estimate of drug-likeness (QED) is 0.624. The van der Waals surface area contributed by atoms with Crippen LogP contribution in [0.5, 0.6) is 5.75 Å². The first-order valence-corrected chi connectivity index (χ1v) is 10.0. The lowest BCUT2D eigenvalue weighted by Crippen LogP contribution is -2.37. The highest BCUT2D eigenvalue weighted by Crippen LogP contribution is 2.24. The number of nitrogens with one attached hydrogen (secondary N) is 1. The van der Waals surface area contributed by atoms with Crippen LogP contribution >= 0.6 is 0 Å². The second kappa shape index (κ2) is 8.99. The monoisotopic (exact) mass is 447 g/mol. The number of aromatic nitrogens is 2. The van der Waals surface area contributed by atoms with Crippen molar-refractivity contribution in [2.24, 2.45) is 0 Å². The number of benzene rings is 2. The fourth-order valence-corrected chi connectivity index (χ4v) is 3.63. The maximum absolute atomic E-state index is 13.2. The highest BCUT2D eigenvalue weighted by Gasteiger charge is 2.31. The minimum Gasteiger partial charge on any atom is -0.406 e. The lowest BCUT2D eigenvalue weighted by molar-refractivity contribution is -0.274. The first-order chi connectivity index (χ1) is 15.3. The van der Waals surface area contributed by atoms with E-state index < -0.39 is 18.0 Å². The Balaban J connectivity index is 1.59. The van der Waals surface area contributed by atoms with E-state index in [4.69, 9.17) is 4.74 Å². The van der Waals surface area contributed by atoms with Gasteiger partial charge in [0.25, 0.3) is 11.5 Å². The lowest BCUT2D eigenvalue weighted by Gasteiger charge is -2.25. The Morgan fingerprint density at radius 3 is 2.62 bits per heavy atom. The number of halogens is 3. The van der Waals surface area contributed by atoms with Crippen molar-refractivity contribution in [1.82, 2.24) is 14.9 Å². The van der Waals surface area contributed by atoms with Crippen molar-refractivity contribution in [2.45, 2.75) is 31.9 Å². The van der Waals surface area contributed by atoms with Gasteiger partial charge in [0.15, 0.2) is 0 Å². The van der Waals surface area contributed by atoms with Crippen LogP contribution < -0.4 is 10.3 Å². The zero-order chi connectivity index (χ0) is 22.7. The molecule has 1 amide bonds. The fourth-order valence-electron chi connectivity index (χ4n) is 3.63. The van der Waals surface area contributed by atoms with Gasteiger partial charge in [-0.1, -0.05) is 12.1 Å². The molecule has 1 aliphatic heterocycles. The number of H-pyrrole nitrogens is 1. The van der Waals surface area contributed by atoms with E-state index in [1.54, 1.807) is 24.3 Å². The average Bonchev–Trinajstić information content (AvgIpc) is 3.25. The highest BCUT2D eigenvalue weighted by molar-refractivity contribution is 5.94. The molecule has 2 heterocycles. The third kappa shape index (κ3) is 5.25. The van der Waals surface area contributed by atoms with Gasteiger partial charge in [-0.2, -0.15) is 0 Å². The third-order valence-electron chi connectivity index (χ3n) is 5.07. The van der Waals surface area contributed by atoms with Crippen LogP contribution in [-0.2, 0) is 11.3 Å². The van der Waals surface area contributed by atoms with Crippen LogP contribution in [0.3, 0.4) is 0 Å². The number of hydrogen-bond donors (Lipinski definition) is 1. The molecule has 1 atom stereocenters. The highest BCUT2D eigenvalue weighted by atomic mass is 19.4. The molecule has 2 aromatic carbocycles. The molecule has 1 fully saturated rings. The minimum absolute atomic E-state index is 0.0135. The van der Waals surface area contributed by atoms with Crippen LogP contribution in [0.2, 0.25) is 0 Å². The molecule has 168 valence electrons. The van der Waals surface area contributed by atoms with E-state index in [1.165, 1.54) is 17.0 Å². The summed E-state index contributed by atoms with van der Waals surface area (Å²) in [5, 5.41) is 0.438. The maximum Gasteiger partial charge on any atom is 0.573 e. The van der Waals surface area contributed by atoms with Crippen LogP contribution in [0.4, 0.5) is 13.2 Å². The molecule has 0 spiro atoms. The van der Waals surface area contributed by atoms with Gasteiger partial charge in [-0.3, -0.25) is 9.59 Å². The molecular formula is C22H20F3N3O4. The van der Waals surface area contributed by atoms with Gasteiger partial charge in [0.05, 0.1) is 23.6 Å². The van der Waals surface area contributed by atoms with Crippen molar-refractivity contribution >= 4 is 16.8 Å². The summed E-state index contributed by atoms with van der Waals surface area (Å²) in [5.74, 6) is -0.535. The summed E-state index contributed by atoms with van der Waals surface area (Å²) in [7, 11) is 0. The van der Waals surface area contributed by atoms with Crippen molar-refractivity contribution in [3.8, 4) is 5.75 Å².